The molecular weight excluding hydrogens is 346 g/mol. The Labute approximate surface area is 157 Å². The zero-order valence-electron chi connectivity index (χ0n) is 15.1. The van der Waals surface area contributed by atoms with E-state index in [-0.39, 0.29) is 23.6 Å². The smallest absolute Gasteiger partial charge is 0.295 e. The highest BCUT2D eigenvalue weighted by Gasteiger charge is 2.46. The predicted molar refractivity (Wildman–Crippen MR) is 100.0 cm³/mol. The summed E-state index contributed by atoms with van der Waals surface area (Å²) in [6.07, 6.45) is -0.845. The van der Waals surface area contributed by atoms with E-state index in [0.717, 1.165) is 5.56 Å². The van der Waals surface area contributed by atoms with Gasteiger partial charge in [-0.15, -0.1) is 0 Å². The molecule has 1 aliphatic rings. The van der Waals surface area contributed by atoms with Crippen LogP contribution in [0.15, 0.2) is 54.1 Å². The molecule has 1 heterocycles. The number of aliphatic hydroxyl groups excluding tert-OH is 2. The first-order valence-corrected chi connectivity index (χ1v) is 8.62. The Morgan fingerprint density at radius 3 is 2.22 bits per heavy atom. The first-order valence-electron chi connectivity index (χ1n) is 8.62. The summed E-state index contributed by atoms with van der Waals surface area (Å²) in [4.78, 5) is 26.5. The number of carbonyl (C=O) groups is 2. The zero-order chi connectivity index (χ0) is 19.7. The fourth-order valence-corrected chi connectivity index (χ4v) is 3.22. The Morgan fingerprint density at radius 1 is 1.07 bits per heavy atom. The maximum Gasteiger partial charge on any atom is 0.295 e. The molecule has 0 aliphatic carbocycles. The summed E-state index contributed by atoms with van der Waals surface area (Å²) in [5.41, 5.74) is 1.95. The van der Waals surface area contributed by atoms with E-state index in [0.29, 0.717) is 11.1 Å². The SMILES string of the molecule is Cc1ccc(/C(O)=C2/C(=O)C(=O)N(CC(C)O)C2c2ccc(O)cc2)cc1. The lowest BCUT2D eigenvalue weighted by Gasteiger charge is -2.26. The second kappa shape index (κ2) is 7.25. The largest absolute Gasteiger partial charge is 0.508 e. The number of aliphatic hydroxyl groups is 2. The summed E-state index contributed by atoms with van der Waals surface area (Å²) in [5.74, 6) is -1.79. The molecule has 3 rings (SSSR count). The van der Waals surface area contributed by atoms with Crippen LogP contribution in [0.1, 0.15) is 29.7 Å². The quantitative estimate of drug-likeness (QED) is 0.438. The predicted octanol–water partition coefficient (Wildman–Crippen LogP) is 2.50. The van der Waals surface area contributed by atoms with Crippen LogP contribution < -0.4 is 0 Å². The van der Waals surface area contributed by atoms with Crippen molar-refractivity contribution in [1.29, 1.82) is 0 Å². The van der Waals surface area contributed by atoms with E-state index >= 15 is 0 Å². The van der Waals surface area contributed by atoms with Gasteiger partial charge in [0.25, 0.3) is 11.7 Å². The van der Waals surface area contributed by atoms with E-state index in [1.807, 2.05) is 6.92 Å². The van der Waals surface area contributed by atoms with Crippen LogP contribution in [0.5, 0.6) is 5.75 Å². The molecule has 2 aromatic rings. The van der Waals surface area contributed by atoms with E-state index in [4.69, 9.17) is 0 Å². The first-order chi connectivity index (χ1) is 12.8. The van der Waals surface area contributed by atoms with Crippen molar-refractivity contribution in [2.24, 2.45) is 0 Å². The maximum absolute atomic E-state index is 12.7. The molecule has 140 valence electrons. The molecule has 1 aliphatic heterocycles. The Hall–Kier alpha value is -3.12. The second-order valence-electron chi connectivity index (χ2n) is 6.76. The van der Waals surface area contributed by atoms with E-state index in [1.165, 1.54) is 24.0 Å². The van der Waals surface area contributed by atoms with Gasteiger partial charge in [-0.05, 0) is 31.5 Å². The third-order valence-corrected chi connectivity index (χ3v) is 4.53. The van der Waals surface area contributed by atoms with Crippen molar-refractivity contribution < 1.29 is 24.9 Å². The minimum absolute atomic E-state index is 0.0322. The van der Waals surface area contributed by atoms with Crippen LogP contribution in [0, 0.1) is 6.92 Å². The molecule has 0 spiro atoms. The number of amides is 1. The number of carbonyl (C=O) groups excluding carboxylic acids is 2. The molecule has 6 heteroatoms. The van der Waals surface area contributed by atoms with Crippen LogP contribution in [0.25, 0.3) is 5.76 Å². The van der Waals surface area contributed by atoms with Gasteiger partial charge in [0.2, 0.25) is 0 Å². The number of phenols is 1. The number of β-amino-alcohol motifs (C(OH)–C–C–N with tert-alkyl or cyclic N) is 1. The molecule has 3 N–H and O–H groups in total. The van der Waals surface area contributed by atoms with E-state index in [9.17, 15) is 24.9 Å². The second-order valence-corrected chi connectivity index (χ2v) is 6.76. The number of hydrogen-bond donors (Lipinski definition) is 3. The number of phenolic OH excluding ortho intramolecular Hbond substituents is 1. The minimum atomic E-state index is -0.846. The molecule has 27 heavy (non-hydrogen) atoms. The number of ketones is 1. The molecule has 1 fully saturated rings. The number of Topliss-reactive ketones (excluding diaryl/α,β-unsaturated/α-hetero) is 1. The highest BCUT2D eigenvalue weighted by molar-refractivity contribution is 6.46. The van der Waals surface area contributed by atoms with Gasteiger partial charge in [-0.3, -0.25) is 9.59 Å². The lowest BCUT2D eigenvalue weighted by atomic mass is 9.95. The molecule has 0 radical (unpaired) electrons. The zero-order valence-corrected chi connectivity index (χ0v) is 15.1. The van der Waals surface area contributed by atoms with Crippen LogP contribution in [0.4, 0.5) is 0 Å². The highest BCUT2D eigenvalue weighted by atomic mass is 16.3. The average Bonchev–Trinajstić information content (AvgIpc) is 2.87. The Morgan fingerprint density at radius 2 is 1.67 bits per heavy atom. The van der Waals surface area contributed by atoms with Crippen molar-refractivity contribution in [2.45, 2.75) is 26.0 Å². The number of likely N-dealkylation sites (tertiary alicyclic amines) is 1. The van der Waals surface area contributed by atoms with Gasteiger partial charge in [-0.25, -0.2) is 0 Å². The van der Waals surface area contributed by atoms with Gasteiger partial charge in [0.05, 0.1) is 17.7 Å². The van der Waals surface area contributed by atoms with Crippen LogP contribution in [0.2, 0.25) is 0 Å². The van der Waals surface area contributed by atoms with Crippen molar-refractivity contribution in [3.8, 4) is 5.75 Å². The maximum atomic E-state index is 12.7. The fourth-order valence-electron chi connectivity index (χ4n) is 3.22. The molecule has 1 amide bonds. The van der Waals surface area contributed by atoms with Gasteiger partial charge < -0.3 is 20.2 Å². The molecule has 1 saturated heterocycles. The topological polar surface area (TPSA) is 98.1 Å². The summed E-state index contributed by atoms with van der Waals surface area (Å²) in [5, 5.41) is 30.1. The number of benzene rings is 2. The molecule has 2 atom stereocenters. The van der Waals surface area contributed by atoms with Crippen molar-refractivity contribution in [3.63, 3.8) is 0 Å². The summed E-state index contributed by atoms with van der Waals surface area (Å²) in [7, 11) is 0. The molecule has 6 nitrogen and oxygen atoms in total. The van der Waals surface area contributed by atoms with Crippen molar-refractivity contribution >= 4 is 17.4 Å². The molecule has 2 unspecified atom stereocenters. The third-order valence-electron chi connectivity index (χ3n) is 4.53. The number of rotatable bonds is 4. The summed E-state index contributed by atoms with van der Waals surface area (Å²) in [6.45, 7) is 3.37. The van der Waals surface area contributed by atoms with Crippen LogP contribution in [-0.2, 0) is 9.59 Å². The van der Waals surface area contributed by atoms with Crippen LogP contribution in [0.3, 0.4) is 0 Å². The van der Waals surface area contributed by atoms with Crippen LogP contribution >= 0.6 is 0 Å². The van der Waals surface area contributed by atoms with E-state index in [1.54, 1.807) is 36.4 Å². The minimum Gasteiger partial charge on any atom is -0.508 e. The van der Waals surface area contributed by atoms with E-state index in [2.05, 4.69) is 0 Å². The lowest BCUT2D eigenvalue weighted by Crippen LogP contribution is -2.35. The van der Waals surface area contributed by atoms with Gasteiger partial charge in [0.1, 0.15) is 11.5 Å². The summed E-state index contributed by atoms with van der Waals surface area (Å²) in [6, 6.07) is 12.2. The molecule has 2 aromatic carbocycles. The highest BCUT2D eigenvalue weighted by Crippen LogP contribution is 2.39. The summed E-state index contributed by atoms with van der Waals surface area (Å²) >= 11 is 0. The Kier molecular flexibility index (Phi) is 5.01. The first kappa shape index (κ1) is 18.7. The molecule has 0 saturated carbocycles. The van der Waals surface area contributed by atoms with Gasteiger partial charge in [0.15, 0.2) is 0 Å². The van der Waals surface area contributed by atoms with Gasteiger partial charge in [-0.2, -0.15) is 0 Å². The third kappa shape index (κ3) is 3.57. The van der Waals surface area contributed by atoms with Gasteiger partial charge >= 0.3 is 0 Å². The number of aromatic hydroxyl groups is 1. The van der Waals surface area contributed by atoms with Gasteiger partial charge in [-0.1, -0.05) is 42.0 Å². The molecular formula is C21H21NO5. The summed E-state index contributed by atoms with van der Waals surface area (Å²) < 4.78 is 0. The number of hydrogen-bond acceptors (Lipinski definition) is 5. The van der Waals surface area contributed by atoms with Crippen molar-refractivity contribution in [2.75, 3.05) is 6.54 Å². The monoisotopic (exact) mass is 367 g/mol. The Bertz CT molecular complexity index is 897. The van der Waals surface area contributed by atoms with Crippen LogP contribution in [-0.4, -0.2) is 44.6 Å². The Balaban J connectivity index is 2.17. The number of aryl methyl sites for hydroxylation is 1. The van der Waals surface area contributed by atoms with Crippen molar-refractivity contribution in [3.05, 3.63) is 70.8 Å². The van der Waals surface area contributed by atoms with Crippen molar-refractivity contribution in [1.82, 2.24) is 4.90 Å². The van der Waals surface area contributed by atoms with E-state index < -0.39 is 23.8 Å². The molecule has 0 aromatic heterocycles. The lowest BCUT2D eigenvalue weighted by molar-refractivity contribution is -0.140. The number of nitrogens with zero attached hydrogens (tertiary/aromatic N) is 1. The molecule has 0 bridgehead atoms. The standard InChI is InChI=1S/C21H21NO5/c1-12-3-5-15(6-4-12)19(25)17-18(14-7-9-16(24)10-8-14)22(11-13(2)23)21(27)20(17)26/h3-10,13,18,23-25H,11H2,1-2H3/b19-17-. The van der Waals surface area contributed by atoms with Gasteiger partial charge in [0, 0.05) is 12.1 Å². The fraction of sp³-hybridized carbons (Fsp3) is 0.238. The normalized spacial score (nSPS) is 20.1. The average molecular weight is 367 g/mol.